The van der Waals surface area contributed by atoms with Crippen molar-refractivity contribution in [1.82, 2.24) is 9.97 Å². The molecule has 1 aromatic carbocycles. The summed E-state index contributed by atoms with van der Waals surface area (Å²) in [7, 11) is 0. The summed E-state index contributed by atoms with van der Waals surface area (Å²) in [4.78, 5) is 38.5. The second kappa shape index (κ2) is 4.92. The molecule has 0 saturated carbocycles. The number of allylic oxidation sites excluding steroid dienone is 1. The van der Waals surface area contributed by atoms with Crippen LogP contribution in [-0.2, 0) is 6.42 Å². The topological polar surface area (TPSA) is 127 Å². The molecule has 0 aliphatic carbocycles. The zero-order valence-electron chi connectivity index (χ0n) is 11.3. The number of nitrogens with one attached hydrogen (secondary N) is 4. The lowest BCUT2D eigenvalue weighted by Gasteiger charge is -2.07. The van der Waals surface area contributed by atoms with Crippen LogP contribution >= 0.6 is 0 Å². The van der Waals surface area contributed by atoms with E-state index in [0.29, 0.717) is 12.1 Å². The number of rotatable bonds is 2. The van der Waals surface area contributed by atoms with Crippen LogP contribution in [0.15, 0.2) is 40.1 Å². The van der Waals surface area contributed by atoms with Crippen LogP contribution in [-0.4, -0.2) is 21.0 Å². The highest BCUT2D eigenvalue weighted by atomic mass is 16.3. The second-order valence-electron chi connectivity index (χ2n) is 4.86. The van der Waals surface area contributed by atoms with Crippen molar-refractivity contribution in [2.24, 2.45) is 0 Å². The minimum Gasteiger partial charge on any atom is -0.494 e. The summed E-state index contributed by atoms with van der Waals surface area (Å²) in [6, 6.07) is 5.20. The van der Waals surface area contributed by atoms with Crippen molar-refractivity contribution in [2.45, 2.75) is 6.42 Å². The molecule has 0 bridgehead atoms. The number of fused-ring (bicyclic) bond motifs is 1. The molecule has 1 aliphatic heterocycles. The van der Waals surface area contributed by atoms with E-state index >= 15 is 0 Å². The number of aromatic hydroxyl groups is 1. The van der Waals surface area contributed by atoms with Gasteiger partial charge in [0.15, 0.2) is 5.56 Å². The van der Waals surface area contributed by atoms with E-state index in [9.17, 15) is 19.5 Å². The Morgan fingerprint density at radius 1 is 1.27 bits per heavy atom. The van der Waals surface area contributed by atoms with Gasteiger partial charge in [0.05, 0.1) is 0 Å². The van der Waals surface area contributed by atoms with E-state index in [4.69, 9.17) is 0 Å². The molecule has 1 aromatic heterocycles. The van der Waals surface area contributed by atoms with Crippen LogP contribution in [0.1, 0.15) is 15.9 Å². The Labute approximate surface area is 123 Å². The fraction of sp³-hybridized carbons (Fsp3) is 0.0714. The Kier molecular flexibility index (Phi) is 3.06. The summed E-state index contributed by atoms with van der Waals surface area (Å²) in [6.07, 6.45) is 0.712. The van der Waals surface area contributed by atoms with E-state index in [1.165, 1.54) is 0 Å². The second-order valence-corrected chi connectivity index (χ2v) is 4.86. The molecule has 112 valence electrons. The molecule has 0 atom stereocenters. The lowest BCUT2D eigenvalue weighted by molar-refractivity contribution is 0.102. The molecule has 3 rings (SSSR count). The Balaban J connectivity index is 1.90. The highest BCUT2D eigenvalue weighted by molar-refractivity contribution is 6.05. The van der Waals surface area contributed by atoms with Gasteiger partial charge in [0.25, 0.3) is 11.5 Å². The van der Waals surface area contributed by atoms with Gasteiger partial charge in [-0.25, -0.2) is 4.79 Å². The van der Waals surface area contributed by atoms with E-state index < -0.39 is 28.6 Å². The molecular formula is C14H12N4O4. The zero-order chi connectivity index (χ0) is 15.9. The molecular weight excluding hydrogens is 288 g/mol. The van der Waals surface area contributed by atoms with Crippen molar-refractivity contribution in [3.05, 3.63) is 62.4 Å². The number of aromatic amines is 2. The smallest absolute Gasteiger partial charge is 0.328 e. The SMILES string of the molecule is C=C1Cc2ccc(NC(=O)c3c(O)[nH]c(=O)[nH]c3=O)cc2N1. The summed E-state index contributed by atoms with van der Waals surface area (Å²) in [5.41, 5.74) is 0.752. The highest BCUT2D eigenvalue weighted by Crippen LogP contribution is 2.29. The number of anilines is 2. The fourth-order valence-electron chi connectivity index (χ4n) is 2.27. The molecule has 0 radical (unpaired) electrons. The van der Waals surface area contributed by atoms with Crippen LogP contribution in [0.25, 0.3) is 0 Å². The Morgan fingerprint density at radius 2 is 2.05 bits per heavy atom. The number of hydrogen-bond donors (Lipinski definition) is 5. The van der Waals surface area contributed by atoms with Crippen LogP contribution in [0.3, 0.4) is 0 Å². The van der Waals surface area contributed by atoms with Gasteiger partial charge in [0.1, 0.15) is 0 Å². The highest BCUT2D eigenvalue weighted by Gasteiger charge is 2.19. The van der Waals surface area contributed by atoms with Crippen LogP contribution in [0, 0.1) is 0 Å². The number of amides is 1. The molecule has 0 fully saturated rings. The quantitative estimate of drug-likeness (QED) is 0.552. The summed E-state index contributed by atoms with van der Waals surface area (Å²) in [5, 5.41) is 15.1. The number of aromatic nitrogens is 2. The van der Waals surface area contributed by atoms with E-state index in [1.54, 1.807) is 12.1 Å². The Bertz CT molecular complexity index is 910. The average molecular weight is 300 g/mol. The lowest BCUT2D eigenvalue weighted by atomic mass is 10.1. The summed E-state index contributed by atoms with van der Waals surface area (Å²) < 4.78 is 0. The van der Waals surface area contributed by atoms with Gasteiger partial charge in [0, 0.05) is 23.5 Å². The molecule has 22 heavy (non-hydrogen) atoms. The van der Waals surface area contributed by atoms with Gasteiger partial charge in [-0.05, 0) is 17.7 Å². The lowest BCUT2D eigenvalue weighted by Crippen LogP contribution is -2.30. The fourth-order valence-corrected chi connectivity index (χ4v) is 2.27. The van der Waals surface area contributed by atoms with Crippen molar-refractivity contribution < 1.29 is 9.90 Å². The van der Waals surface area contributed by atoms with Gasteiger partial charge >= 0.3 is 5.69 Å². The minimum absolute atomic E-state index is 0.441. The van der Waals surface area contributed by atoms with Crippen LogP contribution < -0.4 is 21.9 Å². The van der Waals surface area contributed by atoms with E-state index in [0.717, 1.165) is 16.9 Å². The maximum atomic E-state index is 12.1. The van der Waals surface area contributed by atoms with Crippen molar-refractivity contribution in [1.29, 1.82) is 0 Å². The van der Waals surface area contributed by atoms with Crippen LogP contribution in [0.4, 0.5) is 11.4 Å². The predicted molar refractivity (Wildman–Crippen MR) is 80.2 cm³/mol. The molecule has 0 unspecified atom stereocenters. The van der Waals surface area contributed by atoms with Gasteiger partial charge in [-0.15, -0.1) is 0 Å². The Hall–Kier alpha value is -3.29. The molecule has 0 saturated heterocycles. The van der Waals surface area contributed by atoms with E-state index in [-0.39, 0.29) is 0 Å². The number of H-pyrrole nitrogens is 2. The van der Waals surface area contributed by atoms with E-state index in [1.807, 2.05) is 16.0 Å². The Morgan fingerprint density at radius 3 is 2.77 bits per heavy atom. The zero-order valence-corrected chi connectivity index (χ0v) is 11.3. The molecule has 1 aliphatic rings. The number of benzene rings is 1. The monoisotopic (exact) mass is 300 g/mol. The molecule has 8 nitrogen and oxygen atoms in total. The van der Waals surface area contributed by atoms with Crippen LogP contribution in [0.5, 0.6) is 5.88 Å². The third-order valence-electron chi connectivity index (χ3n) is 3.23. The molecule has 1 amide bonds. The third kappa shape index (κ3) is 2.37. The average Bonchev–Trinajstić information content (AvgIpc) is 2.76. The van der Waals surface area contributed by atoms with E-state index in [2.05, 4.69) is 17.2 Å². The first-order chi connectivity index (χ1) is 10.4. The first kappa shape index (κ1) is 13.7. The predicted octanol–water partition coefficient (Wildman–Crippen LogP) is 0.503. The van der Waals surface area contributed by atoms with Gasteiger partial charge in [0.2, 0.25) is 5.88 Å². The third-order valence-corrected chi connectivity index (χ3v) is 3.23. The van der Waals surface area contributed by atoms with Crippen molar-refractivity contribution in [2.75, 3.05) is 10.6 Å². The standard InChI is InChI=1S/C14H12N4O4/c1-6-4-7-2-3-8(5-9(7)15-6)16-11(19)10-12(20)17-14(22)18-13(10)21/h2-3,5,15H,1,4H2,(H,16,19)(H3,17,18,20,21,22). The summed E-state index contributed by atoms with van der Waals surface area (Å²) >= 11 is 0. The minimum atomic E-state index is -0.966. The van der Waals surface area contributed by atoms with Gasteiger partial charge in [-0.3, -0.25) is 19.6 Å². The number of hydrogen-bond acceptors (Lipinski definition) is 5. The first-order valence-electron chi connectivity index (χ1n) is 6.38. The van der Waals surface area contributed by atoms with Crippen molar-refractivity contribution in [3.63, 3.8) is 0 Å². The largest absolute Gasteiger partial charge is 0.494 e. The maximum absolute atomic E-state index is 12.1. The van der Waals surface area contributed by atoms with Crippen LogP contribution in [0.2, 0.25) is 0 Å². The van der Waals surface area contributed by atoms with Crippen molar-refractivity contribution in [3.8, 4) is 5.88 Å². The molecule has 2 aromatic rings. The first-order valence-corrected chi connectivity index (χ1v) is 6.38. The van der Waals surface area contributed by atoms with Gasteiger partial charge in [-0.1, -0.05) is 12.6 Å². The summed E-state index contributed by atoms with van der Waals surface area (Å²) in [5.74, 6) is -1.61. The molecule has 0 spiro atoms. The molecule has 8 heteroatoms. The molecule has 5 N–H and O–H groups in total. The number of carbonyl (C=O) groups is 1. The molecule has 2 heterocycles. The number of carbonyl (C=O) groups excluding carboxylic acids is 1. The normalized spacial score (nSPS) is 12.6. The van der Waals surface area contributed by atoms with Gasteiger partial charge < -0.3 is 15.7 Å². The summed E-state index contributed by atoms with van der Waals surface area (Å²) in [6.45, 7) is 3.83. The maximum Gasteiger partial charge on any atom is 0.328 e. The van der Waals surface area contributed by atoms with Crippen molar-refractivity contribution >= 4 is 17.3 Å². The van der Waals surface area contributed by atoms with Gasteiger partial charge in [-0.2, -0.15) is 0 Å².